The molecule has 1 heterocycles. The van der Waals surface area contributed by atoms with E-state index in [2.05, 4.69) is 17.1 Å². The molecule has 0 bridgehead atoms. The molecule has 5 nitrogen and oxygen atoms in total. The third-order valence-corrected chi connectivity index (χ3v) is 6.91. The van der Waals surface area contributed by atoms with E-state index in [4.69, 9.17) is 10.2 Å². The van der Waals surface area contributed by atoms with E-state index in [0.29, 0.717) is 18.1 Å². The van der Waals surface area contributed by atoms with Gasteiger partial charge in [0.1, 0.15) is 0 Å². The van der Waals surface area contributed by atoms with Gasteiger partial charge in [0.05, 0.1) is 6.20 Å². The predicted octanol–water partition coefficient (Wildman–Crippen LogP) is 5.85. The zero-order chi connectivity index (χ0) is 23.0. The van der Waals surface area contributed by atoms with E-state index in [1.54, 1.807) is 6.20 Å². The average molecular weight is 445 g/mol. The molecule has 2 atom stereocenters. The van der Waals surface area contributed by atoms with E-state index < -0.39 is 0 Å². The first kappa shape index (κ1) is 23.0. The summed E-state index contributed by atoms with van der Waals surface area (Å²) in [6, 6.07) is 19.8. The summed E-state index contributed by atoms with van der Waals surface area (Å²) in [5.41, 5.74) is 7.73. The number of primary amides is 1. The minimum absolute atomic E-state index is 0.0916. The first-order valence-corrected chi connectivity index (χ1v) is 12.0. The highest BCUT2D eigenvalue weighted by Gasteiger charge is 2.37. The number of carbonyl (C=O) groups is 2. The molecule has 2 N–H and O–H groups in total. The molecule has 2 unspecified atom stereocenters. The number of rotatable bonds is 10. The van der Waals surface area contributed by atoms with Gasteiger partial charge in [-0.25, -0.2) is 4.98 Å². The summed E-state index contributed by atoms with van der Waals surface area (Å²) in [5, 5.41) is 0. The van der Waals surface area contributed by atoms with Crippen molar-refractivity contribution in [3.8, 4) is 11.3 Å². The van der Waals surface area contributed by atoms with Crippen molar-refractivity contribution in [3.63, 3.8) is 0 Å². The molecular weight excluding hydrogens is 412 g/mol. The van der Waals surface area contributed by atoms with Crippen molar-refractivity contribution in [1.29, 1.82) is 0 Å². The fourth-order valence-corrected chi connectivity index (χ4v) is 5.22. The first-order valence-electron chi connectivity index (χ1n) is 12.0. The summed E-state index contributed by atoms with van der Waals surface area (Å²) >= 11 is 0. The van der Waals surface area contributed by atoms with Gasteiger partial charge >= 0.3 is 0 Å². The van der Waals surface area contributed by atoms with E-state index in [9.17, 15) is 9.59 Å². The van der Waals surface area contributed by atoms with E-state index >= 15 is 0 Å². The second-order valence-electron chi connectivity index (χ2n) is 9.12. The highest BCUT2D eigenvalue weighted by Crippen LogP contribution is 2.39. The number of amides is 1. The van der Waals surface area contributed by atoms with Crippen LogP contribution in [-0.2, 0) is 11.2 Å². The van der Waals surface area contributed by atoms with E-state index in [-0.39, 0.29) is 35.8 Å². The van der Waals surface area contributed by atoms with Crippen LogP contribution in [0.1, 0.15) is 61.2 Å². The van der Waals surface area contributed by atoms with Crippen LogP contribution < -0.4 is 5.73 Å². The van der Waals surface area contributed by atoms with Crippen LogP contribution in [0.3, 0.4) is 0 Å². The minimum atomic E-state index is -0.358. The van der Waals surface area contributed by atoms with Crippen molar-refractivity contribution >= 4 is 11.7 Å². The maximum Gasteiger partial charge on any atom is 0.263 e. The fourth-order valence-electron chi connectivity index (χ4n) is 5.22. The zero-order valence-electron chi connectivity index (χ0n) is 19.0. The Morgan fingerprint density at radius 2 is 1.64 bits per heavy atom. The van der Waals surface area contributed by atoms with Crippen LogP contribution in [0.15, 0.2) is 71.3 Å². The number of aromatic nitrogens is 1. The van der Waals surface area contributed by atoms with Gasteiger partial charge in [-0.1, -0.05) is 92.8 Å². The van der Waals surface area contributed by atoms with Gasteiger partial charge in [0.2, 0.25) is 11.7 Å². The molecule has 0 saturated heterocycles. The average Bonchev–Trinajstić information content (AvgIpc) is 3.35. The summed E-state index contributed by atoms with van der Waals surface area (Å²) in [7, 11) is 0. The molecule has 2 aromatic carbocycles. The molecule has 1 amide bonds. The predicted molar refractivity (Wildman–Crippen MR) is 128 cm³/mol. The Hall–Kier alpha value is -3.21. The number of nitrogens with zero attached hydrogens (tertiary/aromatic N) is 1. The second-order valence-corrected chi connectivity index (χ2v) is 9.12. The normalized spacial score (nSPS) is 16.2. The van der Waals surface area contributed by atoms with Crippen LogP contribution in [0, 0.1) is 17.8 Å². The molecule has 1 aliphatic carbocycles. The summed E-state index contributed by atoms with van der Waals surface area (Å²) in [4.78, 5) is 30.2. The maximum absolute atomic E-state index is 13.8. The van der Waals surface area contributed by atoms with Crippen molar-refractivity contribution < 1.29 is 14.0 Å². The fraction of sp³-hybridized carbons (Fsp3) is 0.393. The Bertz CT molecular complexity index is 1040. The van der Waals surface area contributed by atoms with Gasteiger partial charge in [-0.05, 0) is 30.2 Å². The van der Waals surface area contributed by atoms with Crippen molar-refractivity contribution in [2.75, 3.05) is 0 Å². The second kappa shape index (κ2) is 11.1. The number of benzene rings is 2. The molecule has 1 aliphatic rings. The Balaban J connectivity index is 1.62. The summed E-state index contributed by atoms with van der Waals surface area (Å²) < 4.78 is 5.93. The van der Waals surface area contributed by atoms with E-state index in [0.717, 1.165) is 37.7 Å². The number of hydrogen-bond donors (Lipinski definition) is 1. The lowest BCUT2D eigenvalue weighted by molar-refractivity contribution is -0.119. The number of nitrogens with two attached hydrogens (primary N) is 1. The highest BCUT2D eigenvalue weighted by molar-refractivity contribution is 5.94. The minimum Gasteiger partial charge on any atom is -0.434 e. The Labute approximate surface area is 195 Å². The van der Waals surface area contributed by atoms with Gasteiger partial charge in [-0.2, -0.15) is 0 Å². The first-order chi connectivity index (χ1) is 16.1. The topological polar surface area (TPSA) is 86.2 Å². The Morgan fingerprint density at radius 3 is 2.30 bits per heavy atom. The Morgan fingerprint density at radius 1 is 0.970 bits per heavy atom. The molecule has 0 spiro atoms. The summed E-state index contributed by atoms with van der Waals surface area (Å²) in [6.45, 7) is 0. The van der Waals surface area contributed by atoms with Crippen molar-refractivity contribution in [2.45, 2.75) is 51.4 Å². The number of oxazole rings is 1. The SMILES string of the molecule is NC(=O)CC(C1CCCCC1)C(CCc1ccccc1)C(=O)c1ncc(-c2ccccc2)o1. The van der Waals surface area contributed by atoms with Crippen LogP contribution in [0.2, 0.25) is 0 Å². The van der Waals surface area contributed by atoms with Gasteiger partial charge in [0.25, 0.3) is 5.89 Å². The van der Waals surface area contributed by atoms with Gasteiger partial charge in [-0.3, -0.25) is 9.59 Å². The van der Waals surface area contributed by atoms with Gasteiger partial charge < -0.3 is 10.2 Å². The monoisotopic (exact) mass is 444 g/mol. The van der Waals surface area contributed by atoms with Crippen LogP contribution in [0.25, 0.3) is 11.3 Å². The molecule has 1 fully saturated rings. The van der Waals surface area contributed by atoms with Crippen LogP contribution in [0.4, 0.5) is 0 Å². The molecule has 1 saturated carbocycles. The number of hydrogen-bond acceptors (Lipinski definition) is 4. The number of carbonyl (C=O) groups excluding carboxylic acids is 2. The van der Waals surface area contributed by atoms with Gasteiger partial charge in [0, 0.05) is 17.9 Å². The molecule has 5 heteroatoms. The number of Topliss-reactive ketones (excluding diaryl/α,β-unsaturated/α-hetero) is 1. The lowest BCUT2D eigenvalue weighted by atomic mass is 9.69. The standard InChI is InChI=1S/C28H32N2O3/c29-26(31)18-24(21-12-6-2-7-13-21)23(17-16-20-10-4-1-5-11-20)27(32)28-30-19-25(33-28)22-14-8-3-9-15-22/h1,3-5,8-11,14-15,19,21,23-24H,2,6-7,12-13,16-18H2,(H2,29,31). The molecule has 1 aromatic heterocycles. The van der Waals surface area contributed by atoms with Crippen molar-refractivity contribution in [3.05, 3.63) is 78.3 Å². The van der Waals surface area contributed by atoms with Gasteiger partial charge in [-0.15, -0.1) is 0 Å². The third kappa shape index (κ3) is 5.98. The summed E-state index contributed by atoms with van der Waals surface area (Å²) in [6.07, 6.45) is 8.78. The number of ketones is 1. The van der Waals surface area contributed by atoms with Crippen LogP contribution in [0.5, 0.6) is 0 Å². The molecule has 4 rings (SSSR count). The highest BCUT2D eigenvalue weighted by atomic mass is 16.4. The van der Waals surface area contributed by atoms with Crippen LogP contribution >= 0.6 is 0 Å². The smallest absolute Gasteiger partial charge is 0.263 e. The molecule has 0 aliphatic heterocycles. The summed E-state index contributed by atoms with van der Waals surface area (Å²) in [5.74, 6) is 0.0983. The van der Waals surface area contributed by atoms with Gasteiger partial charge in [0.15, 0.2) is 5.76 Å². The quantitative estimate of drug-likeness (QED) is 0.398. The zero-order valence-corrected chi connectivity index (χ0v) is 19.0. The molecule has 3 aromatic rings. The van der Waals surface area contributed by atoms with E-state index in [1.807, 2.05) is 48.5 Å². The lowest BCUT2D eigenvalue weighted by Gasteiger charge is -2.34. The molecule has 33 heavy (non-hydrogen) atoms. The largest absolute Gasteiger partial charge is 0.434 e. The number of aryl methyl sites for hydroxylation is 1. The van der Waals surface area contributed by atoms with Crippen molar-refractivity contribution in [1.82, 2.24) is 4.98 Å². The third-order valence-electron chi connectivity index (χ3n) is 6.91. The maximum atomic E-state index is 13.8. The Kier molecular flexibility index (Phi) is 7.71. The molecule has 0 radical (unpaired) electrons. The van der Waals surface area contributed by atoms with Crippen molar-refractivity contribution in [2.24, 2.45) is 23.5 Å². The van der Waals surface area contributed by atoms with Crippen LogP contribution in [-0.4, -0.2) is 16.7 Å². The van der Waals surface area contributed by atoms with E-state index in [1.165, 1.54) is 12.0 Å². The molecule has 172 valence electrons. The lowest BCUT2D eigenvalue weighted by Crippen LogP contribution is -2.35. The molecular formula is C28H32N2O3.